The Kier molecular flexibility index (Phi) is 4.71. The van der Waals surface area contributed by atoms with Gasteiger partial charge in [-0.15, -0.1) is 6.58 Å². The van der Waals surface area contributed by atoms with Gasteiger partial charge in [0.1, 0.15) is 0 Å². The van der Waals surface area contributed by atoms with E-state index in [0.29, 0.717) is 0 Å². The number of halogens is 1. The van der Waals surface area contributed by atoms with Crippen LogP contribution in [-0.4, -0.2) is 6.54 Å². The van der Waals surface area contributed by atoms with Crippen molar-refractivity contribution in [3.63, 3.8) is 0 Å². The van der Waals surface area contributed by atoms with Gasteiger partial charge in [-0.1, -0.05) is 35.4 Å². The smallest absolute Gasteiger partial charge is 0.0450 e. The van der Waals surface area contributed by atoms with Gasteiger partial charge >= 0.3 is 0 Å². The lowest BCUT2D eigenvalue weighted by Crippen LogP contribution is -2.14. The van der Waals surface area contributed by atoms with Crippen molar-refractivity contribution in [2.75, 3.05) is 6.54 Å². The Bertz CT molecular complexity index is 307. The molecule has 0 aliphatic carbocycles. The van der Waals surface area contributed by atoms with Gasteiger partial charge < -0.3 is 5.32 Å². The number of hydrogen-bond acceptors (Lipinski definition) is 1. The van der Waals surface area contributed by atoms with Gasteiger partial charge in [0, 0.05) is 11.6 Å². The molecule has 0 amide bonds. The summed E-state index contributed by atoms with van der Waals surface area (Å²) in [5, 5.41) is 4.16. The van der Waals surface area contributed by atoms with E-state index >= 15 is 0 Å². The summed E-state index contributed by atoms with van der Waals surface area (Å²) in [5.74, 6) is 0. The molecule has 0 radical (unpaired) electrons. The van der Waals surface area contributed by atoms with Crippen molar-refractivity contribution in [3.8, 4) is 0 Å². The molecule has 1 nitrogen and oxygen atoms in total. The normalized spacial score (nSPS) is 10.1. The maximum absolute atomic E-state index is 6.01. The molecule has 1 aromatic carbocycles. The Balaban J connectivity index is 2.31. The van der Waals surface area contributed by atoms with Crippen LogP contribution in [0.3, 0.4) is 0 Å². The third kappa shape index (κ3) is 3.95. The Morgan fingerprint density at radius 3 is 2.79 bits per heavy atom. The monoisotopic (exact) mass is 209 g/mol. The van der Waals surface area contributed by atoms with E-state index in [-0.39, 0.29) is 0 Å². The predicted octanol–water partition coefficient (Wildman–Crippen LogP) is 3.40. The van der Waals surface area contributed by atoms with Crippen LogP contribution in [0.1, 0.15) is 18.9 Å². The SMILES string of the molecule is C=C(C)CCNCc1ccccc1Cl. The average molecular weight is 210 g/mol. The lowest BCUT2D eigenvalue weighted by molar-refractivity contribution is 0.685. The summed E-state index contributed by atoms with van der Waals surface area (Å²) in [6, 6.07) is 7.90. The highest BCUT2D eigenvalue weighted by molar-refractivity contribution is 6.31. The molecule has 76 valence electrons. The second-order valence-corrected chi connectivity index (χ2v) is 3.88. The minimum Gasteiger partial charge on any atom is -0.312 e. The van der Waals surface area contributed by atoms with Crippen molar-refractivity contribution in [1.82, 2.24) is 5.32 Å². The van der Waals surface area contributed by atoms with E-state index in [2.05, 4.69) is 11.9 Å². The quantitative estimate of drug-likeness (QED) is 0.579. The van der Waals surface area contributed by atoms with Crippen molar-refractivity contribution in [2.45, 2.75) is 19.9 Å². The third-order valence-electron chi connectivity index (χ3n) is 2.00. The van der Waals surface area contributed by atoms with E-state index in [1.807, 2.05) is 31.2 Å². The first-order valence-corrected chi connectivity index (χ1v) is 5.16. The highest BCUT2D eigenvalue weighted by Crippen LogP contribution is 2.14. The van der Waals surface area contributed by atoms with Crippen LogP contribution in [0.4, 0.5) is 0 Å². The van der Waals surface area contributed by atoms with E-state index in [1.165, 1.54) is 5.57 Å². The number of rotatable bonds is 5. The van der Waals surface area contributed by atoms with Crippen molar-refractivity contribution in [2.24, 2.45) is 0 Å². The van der Waals surface area contributed by atoms with Gasteiger partial charge in [0.2, 0.25) is 0 Å². The summed E-state index contributed by atoms with van der Waals surface area (Å²) in [4.78, 5) is 0. The lowest BCUT2D eigenvalue weighted by Gasteiger charge is -2.06. The van der Waals surface area contributed by atoms with E-state index in [9.17, 15) is 0 Å². The van der Waals surface area contributed by atoms with E-state index in [0.717, 1.165) is 30.1 Å². The lowest BCUT2D eigenvalue weighted by atomic mass is 10.2. The minimum absolute atomic E-state index is 0.826. The molecule has 0 aromatic heterocycles. The standard InChI is InChI=1S/C12H16ClN/c1-10(2)7-8-14-9-11-5-3-4-6-12(11)13/h3-6,14H,1,7-9H2,2H3. The molecule has 0 saturated carbocycles. The van der Waals surface area contributed by atoms with Crippen LogP contribution in [0.2, 0.25) is 5.02 Å². The second-order valence-electron chi connectivity index (χ2n) is 3.48. The maximum Gasteiger partial charge on any atom is 0.0450 e. The van der Waals surface area contributed by atoms with Gasteiger partial charge in [0.05, 0.1) is 0 Å². The maximum atomic E-state index is 6.01. The van der Waals surface area contributed by atoms with Crippen LogP contribution < -0.4 is 5.32 Å². The first-order chi connectivity index (χ1) is 6.70. The van der Waals surface area contributed by atoms with Crippen molar-refractivity contribution < 1.29 is 0 Å². The number of hydrogen-bond donors (Lipinski definition) is 1. The molecule has 0 unspecified atom stereocenters. The second kappa shape index (κ2) is 5.84. The van der Waals surface area contributed by atoms with Crippen LogP contribution >= 0.6 is 11.6 Å². The molecule has 2 heteroatoms. The average Bonchev–Trinajstić information content (AvgIpc) is 2.15. The van der Waals surface area contributed by atoms with Gasteiger partial charge in [-0.2, -0.15) is 0 Å². The summed E-state index contributed by atoms with van der Waals surface area (Å²) in [6.07, 6.45) is 1.02. The first-order valence-electron chi connectivity index (χ1n) is 4.78. The highest BCUT2D eigenvalue weighted by atomic mass is 35.5. The van der Waals surface area contributed by atoms with Crippen LogP contribution in [-0.2, 0) is 6.54 Å². The Morgan fingerprint density at radius 2 is 2.14 bits per heavy atom. The minimum atomic E-state index is 0.826. The molecule has 0 aliphatic heterocycles. The molecule has 0 fully saturated rings. The Labute approximate surface area is 90.8 Å². The predicted molar refractivity (Wildman–Crippen MR) is 62.6 cm³/mol. The zero-order chi connectivity index (χ0) is 10.4. The molecular formula is C12H16ClN. The number of benzene rings is 1. The van der Waals surface area contributed by atoms with Crippen LogP contribution in [0.5, 0.6) is 0 Å². The van der Waals surface area contributed by atoms with E-state index in [1.54, 1.807) is 0 Å². The van der Waals surface area contributed by atoms with Gasteiger partial charge in [-0.25, -0.2) is 0 Å². The fourth-order valence-corrected chi connectivity index (χ4v) is 1.37. The zero-order valence-electron chi connectivity index (χ0n) is 8.52. The molecule has 14 heavy (non-hydrogen) atoms. The summed E-state index contributed by atoms with van der Waals surface area (Å²) in [6.45, 7) is 7.68. The van der Waals surface area contributed by atoms with Gasteiger partial charge in [-0.05, 0) is 31.5 Å². The van der Waals surface area contributed by atoms with Crippen LogP contribution in [0, 0.1) is 0 Å². The third-order valence-corrected chi connectivity index (χ3v) is 2.37. The largest absolute Gasteiger partial charge is 0.312 e. The van der Waals surface area contributed by atoms with Gasteiger partial charge in [0.15, 0.2) is 0 Å². The Morgan fingerprint density at radius 1 is 1.43 bits per heavy atom. The van der Waals surface area contributed by atoms with Crippen LogP contribution in [0.25, 0.3) is 0 Å². The zero-order valence-corrected chi connectivity index (χ0v) is 9.27. The first kappa shape index (κ1) is 11.3. The van der Waals surface area contributed by atoms with E-state index < -0.39 is 0 Å². The van der Waals surface area contributed by atoms with Gasteiger partial charge in [-0.3, -0.25) is 0 Å². The summed E-state index contributed by atoms with van der Waals surface area (Å²) >= 11 is 6.01. The van der Waals surface area contributed by atoms with Crippen molar-refractivity contribution in [3.05, 3.63) is 47.0 Å². The van der Waals surface area contributed by atoms with Crippen molar-refractivity contribution >= 4 is 11.6 Å². The fourth-order valence-electron chi connectivity index (χ4n) is 1.17. The molecule has 0 heterocycles. The fraction of sp³-hybridized carbons (Fsp3) is 0.333. The molecule has 0 saturated heterocycles. The van der Waals surface area contributed by atoms with Crippen molar-refractivity contribution in [1.29, 1.82) is 0 Å². The molecule has 0 atom stereocenters. The summed E-state index contributed by atoms with van der Waals surface area (Å²) < 4.78 is 0. The molecule has 1 aromatic rings. The molecule has 0 bridgehead atoms. The van der Waals surface area contributed by atoms with Gasteiger partial charge in [0.25, 0.3) is 0 Å². The highest BCUT2D eigenvalue weighted by Gasteiger charge is 1.97. The topological polar surface area (TPSA) is 12.0 Å². The molecule has 1 N–H and O–H groups in total. The molecule has 0 aliphatic rings. The molecule has 0 spiro atoms. The molecule has 1 rings (SSSR count). The summed E-state index contributed by atoms with van der Waals surface area (Å²) in [7, 11) is 0. The Hall–Kier alpha value is -0.790. The molecular weight excluding hydrogens is 194 g/mol. The van der Waals surface area contributed by atoms with E-state index in [4.69, 9.17) is 11.6 Å². The number of nitrogens with one attached hydrogen (secondary N) is 1. The van der Waals surface area contributed by atoms with Crippen LogP contribution in [0.15, 0.2) is 36.4 Å². The summed E-state index contributed by atoms with van der Waals surface area (Å²) in [5.41, 5.74) is 2.35.